The number of rotatable bonds is 3. The van der Waals surface area contributed by atoms with E-state index in [1.807, 2.05) is 7.05 Å². The summed E-state index contributed by atoms with van der Waals surface area (Å²) in [6, 6.07) is 10.7. The van der Waals surface area contributed by atoms with E-state index in [1.54, 1.807) is 0 Å². The number of hydrogen-bond donors (Lipinski definition) is 0. The Labute approximate surface area is 109 Å². The number of benzene rings is 1. The number of halogens is 1. The Balaban J connectivity index is 1.83. The summed E-state index contributed by atoms with van der Waals surface area (Å²) in [6.45, 7) is 0. The third-order valence-corrected chi connectivity index (χ3v) is 3.97. The lowest BCUT2D eigenvalue weighted by molar-refractivity contribution is 0.765. The van der Waals surface area contributed by atoms with Crippen LogP contribution in [0.3, 0.4) is 0 Å². The van der Waals surface area contributed by atoms with Gasteiger partial charge in [0.2, 0.25) is 0 Å². The molecule has 4 heteroatoms. The Morgan fingerprint density at radius 1 is 1.24 bits per heavy atom. The first kappa shape index (κ1) is 11.0. The van der Waals surface area contributed by atoms with Gasteiger partial charge in [0, 0.05) is 13.0 Å². The van der Waals surface area contributed by atoms with Gasteiger partial charge in [0.25, 0.3) is 0 Å². The molecule has 88 valence electrons. The summed E-state index contributed by atoms with van der Waals surface area (Å²) in [5, 5.41) is 9.26. The molecule has 0 aliphatic heterocycles. The van der Waals surface area contributed by atoms with E-state index in [9.17, 15) is 0 Å². The summed E-state index contributed by atoms with van der Waals surface area (Å²) < 4.78 is 2.11. The molecule has 1 aliphatic carbocycles. The van der Waals surface area contributed by atoms with E-state index in [-0.39, 0.29) is 0 Å². The maximum Gasteiger partial charge on any atom is 0.143 e. The molecule has 2 unspecified atom stereocenters. The van der Waals surface area contributed by atoms with Crippen molar-refractivity contribution < 1.29 is 0 Å². The van der Waals surface area contributed by atoms with Crippen molar-refractivity contribution >= 4 is 15.9 Å². The molecular formula is C13H14BrN3. The molecular weight excluding hydrogens is 278 g/mol. The third-order valence-electron chi connectivity index (χ3n) is 3.47. The van der Waals surface area contributed by atoms with Gasteiger partial charge in [-0.2, -0.15) is 0 Å². The van der Waals surface area contributed by atoms with E-state index < -0.39 is 0 Å². The quantitative estimate of drug-likeness (QED) is 0.814. The van der Waals surface area contributed by atoms with Crippen LogP contribution in [0.25, 0.3) is 0 Å². The molecule has 2 atom stereocenters. The first-order chi connectivity index (χ1) is 8.31. The molecule has 1 heterocycles. The van der Waals surface area contributed by atoms with E-state index in [4.69, 9.17) is 0 Å². The molecule has 1 aliphatic rings. The van der Waals surface area contributed by atoms with Gasteiger partial charge in [-0.3, -0.25) is 0 Å². The molecule has 2 aromatic rings. The van der Waals surface area contributed by atoms with Gasteiger partial charge < -0.3 is 4.57 Å². The molecule has 0 N–H and O–H groups in total. The number of nitrogens with zero attached hydrogens (tertiary/aromatic N) is 3. The SMILES string of the molecule is Cn1c(CBr)nnc1C1CC1c1ccccc1. The van der Waals surface area contributed by atoms with Crippen molar-refractivity contribution in [3.8, 4) is 0 Å². The van der Waals surface area contributed by atoms with E-state index >= 15 is 0 Å². The second-order valence-corrected chi connectivity index (χ2v) is 5.09. The maximum absolute atomic E-state index is 4.31. The van der Waals surface area contributed by atoms with Crippen molar-refractivity contribution in [3.63, 3.8) is 0 Å². The van der Waals surface area contributed by atoms with Crippen LogP contribution in [0.1, 0.15) is 35.5 Å². The molecule has 1 saturated carbocycles. The van der Waals surface area contributed by atoms with Crippen LogP contribution in [-0.2, 0) is 12.4 Å². The number of hydrogen-bond acceptors (Lipinski definition) is 2. The van der Waals surface area contributed by atoms with Gasteiger partial charge in [-0.05, 0) is 17.9 Å². The van der Waals surface area contributed by atoms with Crippen molar-refractivity contribution in [2.24, 2.45) is 7.05 Å². The summed E-state index contributed by atoms with van der Waals surface area (Å²) >= 11 is 3.43. The number of alkyl halides is 1. The fraction of sp³-hybridized carbons (Fsp3) is 0.385. The van der Waals surface area contributed by atoms with Gasteiger partial charge in [-0.1, -0.05) is 46.3 Å². The molecule has 0 spiro atoms. The summed E-state index contributed by atoms with van der Waals surface area (Å²) in [7, 11) is 2.05. The molecule has 3 rings (SSSR count). The summed E-state index contributed by atoms with van der Waals surface area (Å²) in [6.07, 6.45) is 1.19. The van der Waals surface area contributed by atoms with Gasteiger partial charge in [0.15, 0.2) is 0 Å². The molecule has 0 radical (unpaired) electrons. The minimum absolute atomic E-state index is 0.544. The van der Waals surface area contributed by atoms with Gasteiger partial charge in [0.05, 0.1) is 5.33 Å². The fourth-order valence-corrected chi connectivity index (χ4v) is 2.85. The monoisotopic (exact) mass is 291 g/mol. The fourth-order valence-electron chi connectivity index (χ4n) is 2.36. The van der Waals surface area contributed by atoms with Gasteiger partial charge in [-0.25, -0.2) is 0 Å². The van der Waals surface area contributed by atoms with E-state index in [0.29, 0.717) is 11.8 Å². The van der Waals surface area contributed by atoms with Crippen molar-refractivity contribution in [2.45, 2.75) is 23.6 Å². The van der Waals surface area contributed by atoms with Crippen LogP contribution in [0.15, 0.2) is 30.3 Å². The molecule has 0 bridgehead atoms. The minimum Gasteiger partial charge on any atom is -0.317 e. The first-order valence-electron chi connectivity index (χ1n) is 5.80. The highest BCUT2D eigenvalue weighted by Crippen LogP contribution is 2.53. The van der Waals surface area contributed by atoms with Crippen LogP contribution < -0.4 is 0 Å². The minimum atomic E-state index is 0.544. The largest absolute Gasteiger partial charge is 0.317 e. The molecule has 0 amide bonds. The second-order valence-electron chi connectivity index (χ2n) is 4.53. The van der Waals surface area contributed by atoms with E-state index in [2.05, 4.69) is 61.0 Å². The molecule has 17 heavy (non-hydrogen) atoms. The van der Waals surface area contributed by atoms with Crippen molar-refractivity contribution in [1.29, 1.82) is 0 Å². The van der Waals surface area contributed by atoms with Crippen LogP contribution >= 0.6 is 15.9 Å². The predicted molar refractivity (Wildman–Crippen MR) is 70.2 cm³/mol. The molecule has 1 fully saturated rings. The smallest absolute Gasteiger partial charge is 0.143 e. The average molecular weight is 292 g/mol. The molecule has 0 saturated heterocycles. The van der Waals surface area contributed by atoms with E-state index in [0.717, 1.165) is 17.0 Å². The summed E-state index contributed by atoms with van der Waals surface area (Å²) in [4.78, 5) is 0. The lowest BCUT2D eigenvalue weighted by atomic mass is 10.1. The summed E-state index contributed by atoms with van der Waals surface area (Å²) in [5.41, 5.74) is 1.42. The Morgan fingerprint density at radius 3 is 2.65 bits per heavy atom. The van der Waals surface area contributed by atoms with Crippen LogP contribution in [0.2, 0.25) is 0 Å². The van der Waals surface area contributed by atoms with Gasteiger partial charge in [-0.15, -0.1) is 10.2 Å². The van der Waals surface area contributed by atoms with Gasteiger partial charge in [0.1, 0.15) is 11.6 Å². The van der Waals surface area contributed by atoms with Crippen molar-refractivity contribution in [3.05, 3.63) is 47.5 Å². The van der Waals surface area contributed by atoms with Gasteiger partial charge >= 0.3 is 0 Å². The highest BCUT2D eigenvalue weighted by atomic mass is 79.9. The molecule has 1 aromatic carbocycles. The molecule has 1 aromatic heterocycles. The Morgan fingerprint density at radius 2 is 2.00 bits per heavy atom. The second kappa shape index (κ2) is 4.26. The maximum atomic E-state index is 4.31. The predicted octanol–water partition coefficient (Wildman–Crippen LogP) is 2.98. The van der Waals surface area contributed by atoms with Crippen LogP contribution in [-0.4, -0.2) is 14.8 Å². The third kappa shape index (κ3) is 1.90. The number of aromatic nitrogens is 3. The lowest BCUT2D eigenvalue weighted by Gasteiger charge is -2.02. The highest BCUT2D eigenvalue weighted by molar-refractivity contribution is 9.08. The standard InChI is InChI=1S/C13H14BrN3/c1-17-12(8-14)15-16-13(17)11-7-10(11)9-5-3-2-4-6-9/h2-6,10-11H,7-8H2,1H3. The normalized spacial score (nSPS) is 22.7. The summed E-state index contributed by atoms with van der Waals surface area (Å²) in [5.74, 6) is 3.29. The topological polar surface area (TPSA) is 30.7 Å². The average Bonchev–Trinajstić information content (AvgIpc) is 3.08. The lowest BCUT2D eigenvalue weighted by Crippen LogP contribution is -2.00. The van der Waals surface area contributed by atoms with Crippen LogP contribution in [0.4, 0.5) is 0 Å². The van der Waals surface area contributed by atoms with Crippen LogP contribution in [0, 0.1) is 0 Å². The molecule has 3 nitrogen and oxygen atoms in total. The van der Waals surface area contributed by atoms with Crippen molar-refractivity contribution in [2.75, 3.05) is 0 Å². The zero-order valence-electron chi connectivity index (χ0n) is 9.68. The van der Waals surface area contributed by atoms with E-state index in [1.165, 1.54) is 12.0 Å². The van der Waals surface area contributed by atoms with Crippen molar-refractivity contribution in [1.82, 2.24) is 14.8 Å². The Bertz CT molecular complexity index is 521. The highest BCUT2D eigenvalue weighted by Gasteiger charge is 2.42. The van der Waals surface area contributed by atoms with Crippen LogP contribution in [0.5, 0.6) is 0 Å². The zero-order chi connectivity index (χ0) is 11.8. The Kier molecular flexibility index (Phi) is 2.74. The first-order valence-corrected chi connectivity index (χ1v) is 6.92. The zero-order valence-corrected chi connectivity index (χ0v) is 11.3. The Hall–Kier alpha value is -1.16.